The molecule has 1 atom stereocenters. The first-order valence-electron chi connectivity index (χ1n) is 9.19. The highest BCUT2D eigenvalue weighted by molar-refractivity contribution is 6.47. The van der Waals surface area contributed by atoms with Crippen LogP contribution >= 0.6 is 0 Å². The molecule has 0 saturated heterocycles. The molecule has 0 radical (unpaired) electrons. The number of imidazole rings is 1. The van der Waals surface area contributed by atoms with Crippen LogP contribution in [-0.2, 0) is 11.2 Å². The van der Waals surface area contributed by atoms with Crippen LogP contribution in [0, 0.1) is 23.2 Å². The van der Waals surface area contributed by atoms with E-state index in [2.05, 4.69) is 73.3 Å². The molecular weight excluding hydrogens is 323 g/mol. The molecule has 0 bridgehead atoms. The third-order valence-electron chi connectivity index (χ3n) is 4.86. The van der Waals surface area contributed by atoms with Crippen LogP contribution in [0.1, 0.15) is 40.4 Å². The van der Waals surface area contributed by atoms with E-state index in [1.165, 1.54) is 0 Å². The maximum Gasteiger partial charge on any atom is 0.309 e. The molecule has 0 amide bonds. The first-order chi connectivity index (χ1) is 12.3. The SMILES string of the molecule is CC(C)C(C)(C)OBc1ccc(-c2cnc(CNC[C@H](C)C#N)[nH]2)cc1. The summed E-state index contributed by atoms with van der Waals surface area (Å²) in [5.41, 5.74) is 3.12. The Morgan fingerprint density at radius 1 is 1.27 bits per heavy atom. The molecule has 2 rings (SSSR count). The lowest BCUT2D eigenvalue weighted by Crippen LogP contribution is -2.36. The second-order valence-electron chi connectivity index (χ2n) is 7.65. The maximum absolute atomic E-state index is 8.79. The van der Waals surface area contributed by atoms with Gasteiger partial charge in [0.15, 0.2) is 0 Å². The molecule has 0 unspecified atom stereocenters. The van der Waals surface area contributed by atoms with Crippen LogP contribution in [0.5, 0.6) is 0 Å². The van der Waals surface area contributed by atoms with Gasteiger partial charge in [0.2, 0.25) is 0 Å². The fourth-order valence-corrected chi connectivity index (χ4v) is 2.27. The topological polar surface area (TPSA) is 73.7 Å². The molecule has 0 aliphatic rings. The first-order valence-corrected chi connectivity index (χ1v) is 9.19. The molecule has 138 valence electrons. The normalized spacial score (nSPS) is 12.8. The molecule has 26 heavy (non-hydrogen) atoms. The molecular formula is C20H29BN4O. The van der Waals surface area contributed by atoms with Crippen LogP contribution in [0.25, 0.3) is 11.3 Å². The lowest BCUT2D eigenvalue weighted by Gasteiger charge is -2.30. The molecule has 6 heteroatoms. The summed E-state index contributed by atoms with van der Waals surface area (Å²) >= 11 is 0. The average Bonchev–Trinajstić information content (AvgIpc) is 3.09. The average molecular weight is 352 g/mol. The summed E-state index contributed by atoms with van der Waals surface area (Å²) in [6.45, 7) is 11.8. The van der Waals surface area contributed by atoms with Gasteiger partial charge in [0.1, 0.15) is 5.82 Å². The van der Waals surface area contributed by atoms with Crippen molar-refractivity contribution in [2.75, 3.05) is 6.54 Å². The van der Waals surface area contributed by atoms with Crippen molar-refractivity contribution in [2.45, 2.75) is 46.8 Å². The van der Waals surface area contributed by atoms with Gasteiger partial charge >= 0.3 is 7.48 Å². The molecule has 0 aliphatic heterocycles. The van der Waals surface area contributed by atoms with Crippen LogP contribution in [0.15, 0.2) is 30.5 Å². The highest BCUT2D eigenvalue weighted by atomic mass is 16.5. The standard InChI is InChI=1S/C20H29BN4O/c1-14(2)20(4,5)26-21-17-8-6-16(7-9-17)18-12-24-19(25-18)13-23-11-15(3)10-22/h6-9,12,14-15,21,23H,11,13H2,1-5H3,(H,24,25)/t15-/m1/s1. The second kappa shape index (κ2) is 9.02. The van der Waals surface area contributed by atoms with Crippen LogP contribution in [-0.4, -0.2) is 29.6 Å². The highest BCUT2D eigenvalue weighted by Gasteiger charge is 2.22. The number of nitrogens with one attached hydrogen (secondary N) is 2. The zero-order valence-corrected chi connectivity index (χ0v) is 16.5. The number of nitriles is 1. The number of rotatable bonds is 9. The van der Waals surface area contributed by atoms with Gasteiger partial charge in [-0.25, -0.2) is 4.98 Å². The van der Waals surface area contributed by atoms with Crippen LogP contribution in [0.4, 0.5) is 0 Å². The number of hydrogen-bond donors (Lipinski definition) is 2. The fraction of sp³-hybridized carbons (Fsp3) is 0.500. The molecule has 1 aromatic carbocycles. The van der Waals surface area contributed by atoms with Crippen molar-refractivity contribution >= 4 is 12.9 Å². The summed E-state index contributed by atoms with van der Waals surface area (Å²) in [6.07, 6.45) is 1.85. The van der Waals surface area contributed by atoms with Crippen molar-refractivity contribution in [1.82, 2.24) is 15.3 Å². The summed E-state index contributed by atoms with van der Waals surface area (Å²) in [4.78, 5) is 7.72. The molecule has 1 aromatic heterocycles. The van der Waals surface area contributed by atoms with E-state index in [9.17, 15) is 0 Å². The Bertz CT molecular complexity index is 731. The Hall–Kier alpha value is -2.10. The molecule has 0 fully saturated rings. The van der Waals surface area contributed by atoms with E-state index in [-0.39, 0.29) is 11.5 Å². The van der Waals surface area contributed by atoms with Crippen molar-refractivity contribution in [3.63, 3.8) is 0 Å². The number of nitrogens with zero attached hydrogens (tertiary/aromatic N) is 2. The lowest BCUT2D eigenvalue weighted by atomic mass is 9.84. The highest BCUT2D eigenvalue weighted by Crippen LogP contribution is 2.20. The lowest BCUT2D eigenvalue weighted by molar-refractivity contribution is 0.0668. The van der Waals surface area contributed by atoms with Gasteiger partial charge in [0, 0.05) is 12.1 Å². The van der Waals surface area contributed by atoms with E-state index < -0.39 is 0 Å². The van der Waals surface area contributed by atoms with Crippen molar-refractivity contribution < 1.29 is 4.65 Å². The third kappa shape index (κ3) is 5.72. The summed E-state index contributed by atoms with van der Waals surface area (Å²) in [5.74, 6) is 1.34. The third-order valence-corrected chi connectivity index (χ3v) is 4.86. The van der Waals surface area contributed by atoms with Crippen molar-refractivity contribution in [3.8, 4) is 17.3 Å². The van der Waals surface area contributed by atoms with Crippen LogP contribution < -0.4 is 10.8 Å². The Labute approximate surface area is 157 Å². The van der Waals surface area contributed by atoms with E-state index in [0.717, 1.165) is 22.5 Å². The van der Waals surface area contributed by atoms with Crippen molar-refractivity contribution in [3.05, 3.63) is 36.3 Å². The summed E-state index contributed by atoms with van der Waals surface area (Å²) in [7, 11) is 0.612. The van der Waals surface area contributed by atoms with Crippen LogP contribution in [0.2, 0.25) is 0 Å². The van der Waals surface area contributed by atoms with Gasteiger partial charge in [-0.15, -0.1) is 0 Å². The van der Waals surface area contributed by atoms with Crippen molar-refractivity contribution in [1.29, 1.82) is 5.26 Å². The predicted octanol–water partition coefficient (Wildman–Crippen LogP) is 2.75. The van der Waals surface area contributed by atoms with E-state index in [0.29, 0.717) is 26.5 Å². The van der Waals surface area contributed by atoms with Gasteiger partial charge in [0.05, 0.1) is 30.4 Å². The largest absolute Gasteiger partial charge is 0.429 e. The zero-order valence-electron chi connectivity index (χ0n) is 16.5. The number of benzene rings is 1. The summed E-state index contributed by atoms with van der Waals surface area (Å²) in [6, 6.07) is 10.6. The predicted molar refractivity (Wildman–Crippen MR) is 107 cm³/mol. The zero-order chi connectivity index (χ0) is 19.2. The van der Waals surface area contributed by atoms with Gasteiger partial charge in [-0.05, 0) is 32.3 Å². The smallest absolute Gasteiger partial charge is 0.309 e. The fourth-order valence-electron chi connectivity index (χ4n) is 2.27. The van der Waals surface area contributed by atoms with Gasteiger partial charge in [-0.3, -0.25) is 0 Å². The van der Waals surface area contributed by atoms with Gasteiger partial charge in [-0.2, -0.15) is 5.26 Å². The Morgan fingerprint density at radius 2 is 1.96 bits per heavy atom. The summed E-state index contributed by atoms with van der Waals surface area (Å²) < 4.78 is 6.05. The number of hydrogen-bond acceptors (Lipinski definition) is 4. The molecule has 0 spiro atoms. The second-order valence-corrected chi connectivity index (χ2v) is 7.65. The van der Waals surface area contributed by atoms with Crippen molar-refractivity contribution in [2.24, 2.45) is 11.8 Å². The minimum absolute atomic E-state index is 0.000121. The molecule has 0 aliphatic carbocycles. The van der Waals surface area contributed by atoms with Gasteiger partial charge < -0.3 is 15.0 Å². The molecule has 1 heterocycles. The number of aromatic amines is 1. The van der Waals surface area contributed by atoms with E-state index in [1.807, 2.05) is 13.1 Å². The van der Waals surface area contributed by atoms with Crippen LogP contribution in [0.3, 0.4) is 0 Å². The number of H-pyrrole nitrogens is 1. The monoisotopic (exact) mass is 352 g/mol. The quantitative estimate of drug-likeness (QED) is 0.681. The molecule has 5 nitrogen and oxygen atoms in total. The number of aromatic nitrogens is 2. The Balaban J connectivity index is 1.91. The van der Waals surface area contributed by atoms with E-state index in [1.54, 1.807) is 0 Å². The van der Waals surface area contributed by atoms with E-state index in [4.69, 9.17) is 9.92 Å². The first kappa shape index (κ1) is 20.2. The summed E-state index contributed by atoms with van der Waals surface area (Å²) in [5, 5.41) is 12.0. The molecule has 0 saturated carbocycles. The van der Waals surface area contributed by atoms with Gasteiger partial charge in [-0.1, -0.05) is 43.6 Å². The van der Waals surface area contributed by atoms with Gasteiger partial charge in [0.25, 0.3) is 0 Å². The maximum atomic E-state index is 8.79. The Kier molecular flexibility index (Phi) is 7.02. The Morgan fingerprint density at radius 3 is 2.58 bits per heavy atom. The molecule has 2 aromatic rings. The minimum atomic E-state index is -0.132. The molecule has 2 N–H and O–H groups in total. The minimum Gasteiger partial charge on any atom is -0.429 e. The van der Waals surface area contributed by atoms with E-state index >= 15 is 0 Å².